The van der Waals surface area contributed by atoms with E-state index in [0.29, 0.717) is 23.0 Å². The third kappa shape index (κ3) is 3.12. The fraction of sp³-hybridized carbons (Fsp3) is 0.111. The normalized spacial score (nSPS) is 10.5. The van der Waals surface area contributed by atoms with Gasteiger partial charge in [0.05, 0.1) is 22.9 Å². The number of nitrogens with zero attached hydrogens (tertiary/aromatic N) is 1. The Morgan fingerprint density at radius 1 is 1.13 bits per heavy atom. The Labute approximate surface area is 139 Å². The number of hydrogen-bond donors (Lipinski definition) is 1. The van der Waals surface area contributed by atoms with Gasteiger partial charge in [-0.25, -0.2) is 9.78 Å². The second-order valence-corrected chi connectivity index (χ2v) is 5.30. The van der Waals surface area contributed by atoms with Crippen molar-refractivity contribution in [2.45, 2.75) is 6.92 Å². The molecular formula is C18H15ClN2O2. The van der Waals surface area contributed by atoms with Gasteiger partial charge in [-0.3, -0.25) is 0 Å². The quantitative estimate of drug-likeness (QED) is 0.699. The molecule has 2 aromatic carbocycles. The Bertz CT molecular complexity index is 865. The van der Waals surface area contributed by atoms with Crippen LogP contribution in [-0.2, 0) is 4.74 Å². The number of halogens is 1. The first-order valence-corrected chi connectivity index (χ1v) is 7.65. The van der Waals surface area contributed by atoms with E-state index in [1.54, 1.807) is 13.0 Å². The number of benzene rings is 2. The summed E-state index contributed by atoms with van der Waals surface area (Å²) >= 11 is 6.18. The third-order valence-electron chi connectivity index (χ3n) is 3.42. The summed E-state index contributed by atoms with van der Waals surface area (Å²) in [4.78, 5) is 16.5. The summed E-state index contributed by atoms with van der Waals surface area (Å²) in [5.74, 6) is 0.266. The molecule has 0 aliphatic carbocycles. The molecule has 1 aromatic heterocycles. The molecular weight excluding hydrogens is 312 g/mol. The van der Waals surface area contributed by atoms with Crippen LogP contribution in [-0.4, -0.2) is 17.6 Å². The van der Waals surface area contributed by atoms with Crippen molar-refractivity contribution in [2.24, 2.45) is 0 Å². The number of carbonyl (C=O) groups is 1. The van der Waals surface area contributed by atoms with Gasteiger partial charge in [-0.2, -0.15) is 0 Å². The zero-order valence-electron chi connectivity index (χ0n) is 12.5. The number of aromatic nitrogens is 1. The Balaban J connectivity index is 2.08. The van der Waals surface area contributed by atoms with Crippen molar-refractivity contribution in [3.8, 4) is 0 Å². The van der Waals surface area contributed by atoms with E-state index in [4.69, 9.17) is 16.3 Å². The van der Waals surface area contributed by atoms with Crippen molar-refractivity contribution in [3.05, 3.63) is 65.3 Å². The number of hydrogen-bond acceptors (Lipinski definition) is 4. The van der Waals surface area contributed by atoms with Crippen LogP contribution < -0.4 is 5.32 Å². The van der Waals surface area contributed by atoms with Gasteiger partial charge in [0.25, 0.3) is 0 Å². The highest BCUT2D eigenvalue weighted by Gasteiger charge is 2.14. The zero-order valence-corrected chi connectivity index (χ0v) is 13.3. The molecule has 0 saturated carbocycles. The third-order valence-corrected chi connectivity index (χ3v) is 3.75. The van der Waals surface area contributed by atoms with Gasteiger partial charge in [0.15, 0.2) is 0 Å². The first kappa shape index (κ1) is 15.3. The molecule has 0 aliphatic rings. The van der Waals surface area contributed by atoms with Gasteiger partial charge in [-0.15, -0.1) is 0 Å². The number of anilines is 2. The highest BCUT2D eigenvalue weighted by atomic mass is 35.5. The second kappa shape index (κ2) is 6.67. The molecule has 23 heavy (non-hydrogen) atoms. The van der Waals surface area contributed by atoms with E-state index in [2.05, 4.69) is 10.3 Å². The fourth-order valence-corrected chi connectivity index (χ4v) is 2.54. The molecule has 1 N–H and O–H groups in total. The molecule has 116 valence electrons. The van der Waals surface area contributed by atoms with Crippen LogP contribution in [0, 0.1) is 0 Å². The first-order chi connectivity index (χ1) is 11.2. The molecule has 0 saturated heterocycles. The SMILES string of the molecule is CCOC(=O)c1cnc(Nc2ccccc2Cl)c2ccccc12. The molecule has 4 nitrogen and oxygen atoms in total. The van der Waals surface area contributed by atoms with Crippen molar-refractivity contribution >= 4 is 39.8 Å². The number of fused-ring (bicyclic) bond motifs is 1. The average Bonchev–Trinajstić information content (AvgIpc) is 2.57. The van der Waals surface area contributed by atoms with Crippen LogP contribution in [0.2, 0.25) is 5.02 Å². The van der Waals surface area contributed by atoms with E-state index < -0.39 is 0 Å². The largest absolute Gasteiger partial charge is 0.462 e. The van der Waals surface area contributed by atoms with E-state index in [9.17, 15) is 4.79 Å². The molecule has 1 heterocycles. The summed E-state index contributed by atoms with van der Waals surface area (Å²) in [5, 5.41) is 5.44. The standard InChI is InChI=1S/C18H15ClN2O2/c1-2-23-18(22)14-11-20-17(13-8-4-3-7-12(13)14)21-16-10-6-5-9-15(16)19/h3-11H,2H2,1H3,(H,20,21). The van der Waals surface area contributed by atoms with Crippen LogP contribution in [0.5, 0.6) is 0 Å². The summed E-state index contributed by atoms with van der Waals surface area (Å²) in [5.41, 5.74) is 1.21. The van der Waals surface area contributed by atoms with Gasteiger partial charge in [-0.05, 0) is 19.1 Å². The molecule has 0 amide bonds. The van der Waals surface area contributed by atoms with Gasteiger partial charge in [0.2, 0.25) is 0 Å². The minimum Gasteiger partial charge on any atom is -0.462 e. The number of pyridine rings is 1. The lowest BCUT2D eigenvalue weighted by Gasteiger charge is -2.12. The summed E-state index contributed by atoms with van der Waals surface area (Å²) in [6, 6.07) is 15.0. The van der Waals surface area contributed by atoms with Crippen LogP contribution in [0.4, 0.5) is 11.5 Å². The smallest absolute Gasteiger partial charge is 0.340 e. The van der Waals surface area contributed by atoms with E-state index in [1.807, 2.05) is 42.5 Å². The molecule has 0 bridgehead atoms. The van der Waals surface area contributed by atoms with Crippen molar-refractivity contribution in [1.82, 2.24) is 4.98 Å². The van der Waals surface area contributed by atoms with Gasteiger partial charge in [0, 0.05) is 17.0 Å². The van der Waals surface area contributed by atoms with E-state index in [-0.39, 0.29) is 5.97 Å². The number of rotatable bonds is 4. The number of nitrogens with one attached hydrogen (secondary N) is 1. The Hall–Kier alpha value is -2.59. The Kier molecular flexibility index (Phi) is 4.44. The topological polar surface area (TPSA) is 51.2 Å². The van der Waals surface area contributed by atoms with Crippen LogP contribution in [0.3, 0.4) is 0 Å². The summed E-state index contributed by atoms with van der Waals surface area (Å²) in [7, 11) is 0. The lowest BCUT2D eigenvalue weighted by atomic mass is 10.1. The van der Waals surface area contributed by atoms with E-state index in [1.165, 1.54) is 6.20 Å². The van der Waals surface area contributed by atoms with E-state index in [0.717, 1.165) is 16.5 Å². The minimum atomic E-state index is -0.375. The number of esters is 1. The van der Waals surface area contributed by atoms with Gasteiger partial charge in [-0.1, -0.05) is 48.0 Å². The van der Waals surface area contributed by atoms with Crippen LogP contribution >= 0.6 is 11.6 Å². The molecule has 3 rings (SSSR count). The first-order valence-electron chi connectivity index (χ1n) is 7.27. The molecule has 0 unspecified atom stereocenters. The predicted octanol–water partition coefficient (Wildman–Crippen LogP) is 4.81. The van der Waals surface area contributed by atoms with Gasteiger partial charge in [0.1, 0.15) is 5.82 Å². The van der Waals surface area contributed by atoms with Crippen LogP contribution in [0.25, 0.3) is 10.8 Å². The van der Waals surface area contributed by atoms with Crippen molar-refractivity contribution < 1.29 is 9.53 Å². The monoisotopic (exact) mass is 326 g/mol. The highest BCUT2D eigenvalue weighted by Crippen LogP contribution is 2.30. The molecule has 0 atom stereocenters. The summed E-state index contributed by atoms with van der Waals surface area (Å²) in [6.07, 6.45) is 1.53. The maximum atomic E-state index is 12.1. The lowest BCUT2D eigenvalue weighted by Crippen LogP contribution is -2.07. The van der Waals surface area contributed by atoms with Crippen LogP contribution in [0.15, 0.2) is 54.7 Å². The van der Waals surface area contributed by atoms with Crippen molar-refractivity contribution in [1.29, 1.82) is 0 Å². The Morgan fingerprint density at radius 3 is 2.57 bits per heavy atom. The van der Waals surface area contributed by atoms with Crippen molar-refractivity contribution in [3.63, 3.8) is 0 Å². The molecule has 5 heteroatoms. The number of carbonyl (C=O) groups excluding carboxylic acids is 1. The second-order valence-electron chi connectivity index (χ2n) is 4.89. The minimum absolute atomic E-state index is 0.326. The van der Waals surface area contributed by atoms with Gasteiger partial charge >= 0.3 is 5.97 Å². The molecule has 0 spiro atoms. The maximum absolute atomic E-state index is 12.1. The fourth-order valence-electron chi connectivity index (χ4n) is 2.35. The molecule has 0 aliphatic heterocycles. The highest BCUT2D eigenvalue weighted by molar-refractivity contribution is 6.33. The molecule has 0 radical (unpaired) electrons. The molecule has 0 fully saturated rings. The average molecular weight is 327 g/mol. The van der Waals surface area contributed by atoms with Gasteiger partial charge < -0.3 is 10.1 Å². The zero-order chi connectivity index (χ0) is 16.2. The Morgan fingerprint density at radius 2 is 1.83 bits per heavy atom. The van der Waals surface area contributed by atoms with Crippen molar-refractivity contribution in [2.75, 3.05) is 11.9 Å². The number of para-hydroxylation sites is 1. The number of ether oxygens (including phenoxy) is 1. The maximum Gasteiger partial charge on any atom is 0.340 e. The van der Waals surface area contributed by atoms with E-state index >= 15 is 0 Å². The lowest BCUT2D eigenvalue weighted by molar-refractivity contribution is 0.0528. The van der Waals surface area contributed by atoms with Crippen LogP contribution in [0.1, 0.15) is 17.3 Å². The summed E-state index contributed by atoms with van der Waals surface area (Å²) < 4.78 is 5.09. The molecule has 3 aromatic rings. The predicted molar refractivity (Wildman–Crippen MR) is 92.4 cm³/mol. The summed E-state index contributed by atoms with van der Waals surface area (Å²) in [6.45, 7) is 2.10.